The average Bonchev–Trinajstić information content (AvgIpc) is 2.19. The van der Waals surface area contributed by atoms with Crippen molar-refractivity contribution >= 4 is 0 Å². The van der Waals surface area contributed by atoms with E-state index in [9.17, 15) is 26.7 Å². The quantitative estimate of drug-likeness (QED) is 0.855. The monoisotopic (exact) mass is 268 g/mol. The molecule has 1 heterocycles. The highest BCUT2D eigenvalue weighted by Crippen LogP contribution is 2.24. The first kappa shape index (κ1) is 14.0. The van der Waals surface area contributed by atoms with E-state index in [-0.39, 0.29) is 0 Å². The van der Waals surface area contributed by atoms with E-state index in [1.807, 2.05) is 0 Å². The largest absolute Gasteiger partial charge is 0.574 e. The molecule has 0 aliphatic carbocycles. The van der Waals surface area contributed by atoms with Gasteiger partial charge in [0.1, 0.15) is 0 Å². The molecule has 0 amide bonds. The summed E-state index contributed by atoms with van der Waals surface area (Å²) in [5.74, 6) is -1.15. The first-order valence-electron chi connectivity index (χ1n) is 4.41. The molecule has 0 aliphatic heterocycles. The van der Waals surface area contributed by atoms with Gasteiger partial charge in [-0.2, -0.15) is 5.26 Å². The number of ether oxygens (including phenoxy) is 1. The summed E-state index contributed by atoms with van der Waals surface area (Å²) in [6.07, 6.45) is -8.97. The fourth-order valence-corrected chi connectivity index (χ4v) is 1.21. The lowest BCUT2D eigenvalue weighted by Gasteiger charge is -2.11. The van der Waals surface area contributed by atoms with Crippen molar-refractivity contribution in [1.82, 2.24) is 4.98 Å². The number of nitrogens with zero attached hydrogens (tertiary/aromatic N) is 1. The number of pyridine rings is 1. The minimum atomic E-state index is -5.11. The van der Waals surface area contributed by atoms with Crippen LogP contribution in [0.4, 0.5) is 22.0 Å². The van der Waals surface area contributed by atoms with Crippen LogP contribution in [0.15, 0.2) is 10.9 Å². The zero-order chi connectivity index (χ0) is 13.9. The first-order chi connectivity index (χ1) is 8.24. The summed E-state index contributed by atoms with van der Waals surface area (Å²) in [5.41, 5.74) is -2.75. The minimum Gasteiger partial charge on any atom is -0.390 e. The van der Waals surface area contributed by atoms with Gasteiger partial charge < -0.3 is 9.72 Å². The van der Waals surface area contributed by atoms with E-state index in [0.29, 0.717) is 6.07 Å². The van der Waals surface area contributed by atoms with E-state index in [2.05, 4.69) is 4.74 Å². The van der Waals surface area contributed by atoms with Crippen molar-refractivity contribution in [3.05, 3.63) is 27.5 Å². The van der Waals surface area contributed by atoms with Crippen LogP contribution in [-0.4, -0.2) is 11.3 Å². The number of rotatable bonds is 3. The number of hydrogen-bond acceptors (Lipinski definition) is 3. The number of nitriles is 1. The molecule has 9 heteroatoms. The predicted molar refractivity (Wildman–Crippen MR) is 48.0 cm³/mol. The minimum absolute atomic E-state index is 0.367. The lowest BCUT2D eigenvalue weighted by molar-refractivity contribution is -0.276. The molecular formula is C9H5F5N2O2. The normalized spacial score (nSPS) is 11.4. The second-order valence-electron chi connectivity index (χ2n) is 3.07. The summed E-state index contributed by atoms with van der Waals surface area (Å²) in [6.45, 7) is 0. The standard InChI is InChI=1S/C9H5F5N2O2/c10-8(11)7-4(1-2-15)5(17)3-6(16-7)18-9(12,13)14/h3,8H,1H2,(H,16,17). The van der Waals surface area contributed by atoms with Gasteiger partial charge in [-0.05, 0) is 0 Å². The average molecular weight is 268 g/mol. The third kappa shape index (κ3) is 3.44. The van der Waals surface area contributed by atoms with Crippen molar-refractivity contribution in [2.24, 2.45) is 0 Å². The number of hydrogen-bond donors (Lipinski definition) is 1. The molecule has 18 heavy (non-hydrogen) atoms. The van der Waals surface area contributed by atoms with E-state index in [1.165, 1.54) is 6.07 Å². The van der Waals surface area contributed by atoms with Crippen LogP contribution >= 0.6 is 0 Å². The smallest absolute Gasteiger partial charge is 0.390 e. The highest BCUT2D eigenvalue weighted by molar-refractivity contribution is 5.29. The lowest BCUT2D eigenvalue weighted by atomic mass is 10.1. The second-order valence-corrected chi connectivity index (χ2v) is 3.07. The molecule has 0 aliphatic rings. The Hall–Kier alpha value is -2.11. The van der Waals surface area contributed by atoms with Gasteiger partial charge in [0.05, 0.1) is 18.2 Å². The maximum Gasteiger partial charge on any atom is 0.574 e. The van der Waals surface area contributed by atoms with Gasteiger partial charge in [0.2, 0.25) is 5.88 Å². The summed E-state index contributed by atoms with van der Waals surface area (Å²) in [7, 11) is 0. The van der Waals surface area contributed by atoms with Crippen molar-refractivity contribution < 1.29 is 26.7 Å². The van der Waals surface area contributed by atoms with Crippen LogP contribution in [-0.2, 0) is 6.42 Å². The molecule has 0 bridgehead atoms. The van der Waals surface area contributed by atoms with Gasteiger partial charge in [-0.25, -0.2) is 8.78 Å². The molecule has 98 valence electrons. The van der Waals surface area contributed by atoms with Crippen LogP contribution in [0.2, 0.25) is 0 Å². The van der Waals surface area contributed by atoms with Gasteiger partial charge in [0, 0.05) is 11.6 Å². The van der Waals surface area contributed by atoms with Gasteiger partial charge in [-0.1, -0.05) is 0 Å². The lowest BCUT2D eigenvalue weighted by Crippen LogP contribution is -2.21. The number of H-pyrrole nitrogens is 1. The SMILES string of the molecule is N#CCc1c(C(F)F)[nH]c(OC(F)(F)F)cc1=O. The Labute approximate surface area is 96.6 Å². The molecular weight excluding hydrogens is 263 g/mol. The summed E-state index contributed by atoms with van der Waals surface area (Å²) >= 11 is 0. The van der Waals surface area contributed by atoms with Crippen LogP contribution in [0.25, 0.3) is 0 Å². The third-order valence-corrected chi connectivity index (χ3v) is 1.84. The molecule has 1 aromatic heterocycles. The second kappa shape index (κ2) is 5.03. The van der Waals surface area contributed by atoms with Gasteiger partial charge in [-0.3, -0.25) is 4.79 Å². The Morgan fingerprint density at radius 2 is 2.06 bits per heavy atom. The topological polar surface area (TPSA) is 65.9 Å². The van der Waals surface area contributed by atoms with Crippen molar-refractivity contribution in [3.63, 3.8) is 0 Å². The van der Waals surface area contributed by atoms with Gasteiger partial charge in [0.25, 0.3) is 6.43 Å². The molecule has 0 atom stereocenters. The van der Waals surface area contributed by atoms with Crippen LogP contribution in [0.1, 0.15) is 17.7 Å². The molecule has 0 saturated heterocycles. The van der Waals surface area contributed by atoms with Crippen molar-refractivity contribution in [1.29, 1.82) is 5.26 Å². The molecule has 0 saturated carbocycles. The van der Waals surface area contributed by atoms with E-state index in [4.69, 9.17) is 5.26 Å². The summed E-state index contributed by atoms with van der Waals surface area (Å²) < 4.78 is 64.0. The third-order valence-electron chi connectivity index (χ3n) is 1.84. The van der Waals surface area contributed by atoms with E-state index in [0.717, 1.165) is 0 Å². The molecule has 1 aromatic rings. The summed E-state index contributed by atoms with van der Waals surface area (Å²) in [5, 5.41) is 8.35. The van der Waals surface area contributed by atoms with E-state index >= 15 is 0 Å². The number of aromatic nitrogens is 1. The number of alkyl halides is 5. The number of nitrogens with one attached hydrogen (secondary N) is 1. The Morgan fingerprint density at radius 1 is 1.44 bits per heavy atom. The zero-order valence-electron chi connectivity index (χ0n) is 8.52. The van der Waals surface area contributed by atoms with E-state index in [1.54, 1.807) is 4.98 Å². The summed E-state index contributed by atoms with van der Waals surface area (Å²) in [4.78, 5) is 12.9. The highest BCUT2D eigenvalue weighted by atomic mass is 19.4. The summed E-state index contributed by atoms with van der Waals surface area (Å²) in [6, 6.07) is 1.84. The Morgan fingerprint density at radius 3 is 2.50 bits per heavy atom. The van der Waals surface area contributed by atoms with E-state index < -0.39 is 41.8 Å². The fourth-order valence-electron chi connectivity index (χ4n) is 1.21. The molecule has 1 N–H and O–H groups in total. The van der Waals surface area contributed by atoms with Crippen molar-refractivity contribution in [2.75, 3.05) is 0 Å². The molecule has 0 aromatic carbocycles. The molecule has 4 nitrogen and oxygen atoms in total. The van der Waals surface area contributed by atoms with Crippen LogP contribution in [0.5, 0.6) is 5.88 Å². The maximum atomic E-state index is 12.5. The van der Waals surface area contributed by atoms with Gasteiger partial charge in [-0.15, -0.1) is 13.2 Å². The highest BCUT2D eigenvalue weighted by Gasteiger charge is 2.32. The Balaban J connectivity index is 3.29. The molecule has 0 radical (unpaired) electrons. The molecule has 0 unspecified atom stereocenters. The van der Waals surface area contributed by atoms with Crippen LogP contribution < -0.4 is 10.2 Å². The van der Waals surface area contributed by atoms with Gasteiger partial charge >= 0.3 is 6.36 Å². The van der Waals surface area contributed by atoms with Crippen molar-refractivity contribution in [3.8, 4) is 11.9 Å². The predicted octanol–water partition coefficient (Wildman–Crippen LogP) is 2.28. The molecule has 0 fully saturated rings. The van der Waals surface area contributed by atoms with Crippen molar-refractivity contribution in [2.45, 2.75) is 19.2 Å². The van der Waals surface area contributed by atoms with Crippen LogP contribution in [0.3, 0.4) is 0 Å². The fraction of sp³-hybridized carbons (Fsp3) is 0.333. The number of halogens is 5. The Bertz CT molecular complexity index is 529. The van der Waals surface area contributed by atoms with Gasteiger partial charge in [0.15, 0.2) is 5.43 Å². The first-order valence-corrected chi connectivity index (χ1v) is 4.41. The molecule has 0 spiro atoms. The molecule has 1 rings (SSSR count). The van der Waals surface area contributed by atoms with Crippen LogP contribution in [0, 0.1) is 11.3 Å². The Kier molecular flexibility index (Phi) is 3.90. The maximum absolute atomic E-state index is 12.5. The number of aromatic amines is 1. The zero-order valence-corrected chi connectivity index (χ0v) is 8.52.